The molecule has 6 nitrogen and oxygen atoms in total. The van der Waals surface area contributed by atoms with Crippen LogP contribution >= 0.6 is 46.9 Å². The van der Waals surface area contributed by atoms with Crippen molar-refractivity contribution in [2.75, 3.05) is 19.6 Å². The highest BCUT2D eigenvalue weighted by Crippen LogP contribution is 2.11. The molecule has 2 heterocycles. The van der Waals surface area contributed by atoms with Crippen LogP contribution in [0.1, 0.15) is 23.2 Å². The highest BCUT2D eigenvalue weighted by molar-refractivity contribution is 14.0. The lowest BCUT2D eigenvalue weighted by molar-refractivity contribution is 0.631. The topological polar surface area (TPSA) is 67.1 Å². The molecule has 0 saturated carbocycles. The van der Waals surface area contributed by atoms with Gasteiger partial charge >= 0.3 is 0 Å². The summed E-state index contributed by atoms with van der Waals surface area (Å²) in [4.78, 5) is 6.09. The van der Waals surface area contributed by atoms with Gasteiger partial charge in [0.1, 0.15) is 12.2 Å². The molecule has 1 aromatic carbocycles. The lowest BCUT2D eigenvalue weighted by Gasteiger charge is -2.13. The lowest BCUT2D eigenvalue weighted by atomic mass is 10.1. The van der Waals surface area contributed by atoms with Crippen LogP contribution < -0.4 is 10.6 Å². The van der Waals surface area contributed by atoms with Crippen LogP contribution in [0.15, 0.2) is 53.1 Å². The summed E-state index contributed by atoms with van der Waals surface area (Å²) in [6.07, 6.45) is 4.49. The third-order valence-electron chi connectivity index (χ3n) is 4.46. The first-order valence-corrected chi connectivity index (χ1v) is 11.2. The van der Waals surface area contributed by atoms with Gasteiger partial charge in [-0.3, -0.25) is 4.99 Å². The van der Waals surface area contributed by atoms with Crippen molar-refractivity contribution in [3.8, 4) is 0 Å². The molecule has 0 unspecified atom stereocenters. The Labute approximate surface area is 204 Å². The number of aromatic nitrogens is 3. The van der Waals surface area contributed by atoms with E-state index in [0.717, 1.165) is 62.2 Å². The first-order valence-electron chi connectivity index (χ1n) is 9.90. The average Bonchev–Trinajstić information content (AvgIpc) is 3.39. The number of aryl methyl sites for hydroxylation is 1. The van der Waals surface area contributed by atoms with Crippen LogP contribution in [-0.4, -0.2) is 40.4 Å². The predicted octanol–water partition coefficient (Wildman–Crippen LogP) is 4.19. The molecule has 30 heavy (non-hydrogen) atoms. The van der Waals surface area contributed by atoms with Crippen LogP contribution in [0, 0.1) is 0 Å². The first-order chi connectivity index (χ1) is 14.2. The van der Waals surface area contributed by atoms with E-state index in [-0.39, 0.29) is 24.0 Å². The third-order valence-corrected chi connectivity index (χ3v) is 5.63. The Morgan fingerprint density at radius 1 is 1.17 bits per heavy atom. The van der Waals surface area contributed by atoms with Gasteiger partial charge in [0.25, 0.3) is 0 Å². The van der Waals surface area contributed by atoms with Gasteiger partial charge in [0.15, 0.2) is 5.96 Å². The van der Waals surface area contributed by atoms with Gasteiger partial charge in [-0.2, -0.15) is 0 Å². The Morgan fingerprint density at radius 3 is 2.80 bits per heavy atom. The maximum atomic E-state index is 6.08. The number of guanidine groups is 1. The molecule has 3 aromatic rings. The molecule has 0 aliphatic heterocycles. The summed E-state index contributed by atoms with van der Waals surface area (Å²) >= 11 is 7.85. The normalized spacial score (nSPS) is 11.2. The molecular weight excluding hydrogens is 531 g/mol. The zero-order valence-corrected chi connectivity index (χ0v) is 21.0. The van der Waals surface area contributed by atoms with Gasteiger partial charge in [-0.25, -0.2) is 0 Å². The van der Waals surface area contributed by atoms with Gasteiger partial charge in [0.2, 0.25) is 0 Å². The number of aliphatic imine (C=N–C) groups is 1. The Kier molecular flexibility index (Phi) is 11.2. The molecule has 0 aliphatic carbocycles. The smallest absolute Gasteiger partial charge is 0.191 e. The summed E-state index contributed by atoms with van der Waals surface area (Å²) in [6.45, 7) is 5.18. The maximum absolute atomic E-state index is 6.08. The van der Waals surface area contributed by atoms with Crippen LogP contribution in [0.2, 0.25) is 5.02 Å². The molecule has 0 spiro atoms. The van der Waals surface area contributed by atoms with Crippen molar-refractivity contribution in [1.29, 1.82) is 0 Å². The molecule has 9 heteroatoms. The largest absolute Gasteiger partial charge is 0.356 e. The van der Waals surface area contributed by atoms with Crippen molar-refractivity contribution in [2.45, 2.75) is 32.7 Å². The van der Waals surface area contributed by atoms with E-state index in [1.165, 1.54) is 10.4 Å². The van der Waals surface area contributed by atoms with Gasteiger partial charge < -0.3 is 15.2 Å². The highest BCUT2D eigenvalue weighted by atomic mass is 127. The van der Waals surface area contributed by atoms with E-state index in [1.54, 1.807) is 17.7 Å². The quantitative estimate of drug-likeness (QED) is 0.222. The van der Waals surface area contributed by atoms with Crippen molar-refractivity contribution >= 4 is 52.9 Å². The fraction of sp³-hybridized carbons (Fsp3) is 0.381. The molecule has 0 fully saturated rings. The standard InChI is InChI=1S/C21H27ClN6S.HI/c1-2-20-27-26-16-28(20)13-12-25-21(24-11-9-19-7-4-14-29-19)23-10-8-17-5-3-6-18(22)15-17;/h3-7,14-16H,2,8-13H2,1H3,(H2,23,24,25);1H. The van der Waals surface area contributed by atoms with Crippen LogP contribution in [-0.2, 0) is 25.8 Å². The summed E-state index contributed by atoms with van der Waals surface area (Å²) in [6, 6.07) is 12.2. The lowest BCUT2D eigenvalue weighted by Crippen LogP contribution is -2.40. The summed E-state index contributed by atoms with van der Waals surface area (Å²) in [7, 11) is 0. The van der Waals surface area contributed by atoms with E-state index in [0.29, 0.717) is 0 Å². The molecule has 0 radical (unpaired) electrons. The van der Waals surface area contributed by atoms with Gasteiger partial charge in [-0.1, -0.05) is 36.7 Å². The summed E-state index contributed by atoms with van der Waals surface area (Å²) < 4.78 is 2.07. The summed E-state index contributed by atoms with van der Waals surface area (Å²) in [5.41, 5.74) is 1.21. The van der Waals surface area contributed by atoms with Crippen molar-refractivity contribution < 1.29 is 0 Å². The summed E-state index contributed by atoms with van der Waals surface area (Å²) in [5, 5.41) is 17.9. The Hall–Kier alpha value is -1.65. The molecular formula is C21H28ClIN6S. The van der Waals surface area contributed by atoms with Crippen molar-refractivity contribution in [3.63, 3.8) is 0 Å². The molecule has 2 N–H and O–H groups in total. The molecule has 0 amide bonds. The molecule has 0 bridgehead atoms. The van der Waals surface area contributed by atoms with E-state index in [9.17, 15) is 0 Å². The molecule has 0 saturated heterocycles. The van der Waals surface area contributed by atoms with Gasteiger partial charge in [0.05, 0.1) is 0 Å². The second kappa shape index (κ2) is 13.6. The van der Waals surface area contributed by atoms with E-state index in [4.69, 9.17) is 16.6 Å². The van der Waals surface area contributed by atoms with Crippen LogP contribution in [0.3, 0.4) is 0 Å². The van der Waals surface area contributed by atoms with Gasteiger partial charge in [0, 0.05) is 48.9 Å². The number of thiophene rings is 1. The second-order valence-corrected chi connectivity index (χ2v) is 8.06. The zero-order valence-electron chi connectivity index (χ0n) is 17.1. The first kappa shape index (κ1) is 24.6. The summed E-state index contributed by atoms with van der Waals surface area (Å²) in [5.74, 6) is 1.83. The minimum atomic E-state index is 0. The van der Waals surface area contributed by atoms with E-state index >= 15 is 0 Å². The number of nitrogens with one attached hydrogen (secondary N) is 2. The van der Waals surface area contributed by atoms with Crippen molar-refractivity contribution in [3.05, 3.63) is 69.4 Å². The van der Waals surface area contributed by atoms with Crippen molar-refractivity contribution in [2.24, 2.45) is 4.99 Å². The van der Waals surface area contributed by atoms with Gasteiger partial charge in [-0.05, 0) is 35.6 Å². The number of benzene rings is 1. The molecule has 2 aromatic heterocycles. The molecule has 0 aliphatic rings. The molecule has 0 atom stereocenters. The predicted molar refractivity (Wildman–Crippen MR) is 136 cm³/mol. The number of halogens is 2. The average molecular weight is 559 g/mol. The Bertz CT molecular complexity index is 897. The zero-order chi connectivity index (χ0) is 20.3. The van der Waals surface area contributed by atoms with E-state index in [2.05, 4.69) is 55.9 Å². The molecule has 162 valence electrons. The van der Waals surface area contributed by atoms with E-state index in [1.807, 2.05) is 18.2 Å². The number of hydrogen-bond acceptors (Lipinski definition) is 4. The second-order valence-electron chi connectivity index (χ2n) is 6.59. The minimum Gasteiger partial charge on any atom is -0.356 e. The third kappa shape index (κ3) is 8.23. The number of nitrogens with zero attached hydrogens (tertiary/aromatic N) is 4. The number of rotatable bonds is 10. The SMILES string of the molecule is CCc1nncn1CCNC(=NCCc1cccs1)NCCc1cccc(Cl)c1.I. The highest BCUT2D eigenvalue weighted by Gasteiger charge is 2.03. The molecule has 3 rings (SSSR count). The fourth-order valence-corrected chi connectivity index (χ4v) is 3.87. The number of hydrogen-bond donors (Lipinski definition) is 2. The van der Waals surface area contributed by atoms with Crippen molar-refractivity contribution in [1.82, 2.24) is 25.4 Å². The van der Waals surface area contributed by atoms with Gasteiger partial charge in [-0.15, -0.1) is 45.5 Å². The van der Waals surface area contributed by atoms with Crippen LogP contribution in [0.25, 0.3) is 0 Å². The van der Waals surface area contributed by atoms with Crippen LogP contribution in [0.5, 0.6) is 0 Å². The van der Waals surface area contributed by atoms with Crippen LogP contribution in [0.4, 0.5) is 0 Å². The Balaban J connectivity index is 0.00000320. The maximum Gasteiger partial charge on any atom is 0.191 e. The fourth-order valence-electron chi connectivity index (χ4n) is 2.96. The Morgan fingerprint density at radius 2 is 2.03 bits per heavy atom. The van der Waals surface area contributed by atoms with E-state index < -0.39 is 0 Å². The monoisotopic (exact) mass is 558 g/mol. The minimum absolute atomic E-state index is 0.